The Morgan fingerprint density at radius 3 is 2.54 bits per heavy atom. The third-order valence-corrected chi connectivity index (χ3v) is 6.69. The van der Waals surface area contributed by atoms with Crippen molar-refractivity contribution in [3.8, 4) is 0 Å². The zero-order valence-corrected chi connectivity index (χ0v) is 15.6. The van der Waals surface area contributed by atoms with Crippen molar-refractivity contribution in [2.24, 2.45) is 0 Å². The topological polar surface area (TPSA) is 3.24 Å². The van der Waals surface area contributed by atoms with Crippen LogP contribution in [0.2, 0.25) is 0 Å². The van der Waals surface area contributed by atoms with Crippen LogP contribution >= 0.6 is 23.5 Å². The van der Waals surface area contributed by atoms with Gasteiger partial charge >= 0.3 is 0 Å². The van der Waals surface area contributed by atoms with E-state index in [1.807, 2.05) is 6.07 Å². The average molecular weight is 358 g/mol. The van der Waals surface area contributed by atoms with Crippen molar-refractivity contribution in [2.45, 2.75) is 27.5 Å². The van der Waals surface area contributed by atoms with Crippen LogP contribution in [0.3, 0.4) is 0 Å². The highest BCUT2D eigenvalue weighted by molar-refractivity contribution is 7.99. The van der Waals surface area contributed by atoms with Crippen LogP contribution in [0.5, 0.6) is 0 Å². The summed E-state index contributed by atoms with van der Waals surface area (Å²) in [6, 6.07) is 11.9. The third-order valence-electron chi connectivity index (χ3n) is 4.83. The van der Waals surface area contributed by atoms with Crippen LogP contribution < -0.4 is 0 Å². The fourth-order valence-corrected chi connectivity index (χ4v) is 5.03. The van der Waals surface area contributed by atoms with Crippen LogP contribution in [0, 0.1) is 5.82 Å². The maximum Gasteiger partial charge on any atom is 0.124 e. The Balaban J connectivity index is 1.92. The number of hydrogen-bond acceptors (Lipinski definition) is 3. The van der Waals surface area contributed by atoms with E-state index in [0.717, 1.165) is 30.8 Å². The molecule has 1 nitrogen and oxygen atoms in total. The summed E-state index contributed by atoms with van der Waals surface area (Å²) < 4.78 is 13.8. The monoisotopic (exact) mass is 357 g/mol. The number of thioether (sulfide) groups is 1. The molecule has 0 spiro atoms. The highest BCUT2D eigenvalue weighted by atomic mass is 32.2. The number of halogens is 1. The Morgan fingerprint density at radius 2 is 1.79 bits per heavy atom. The third kappa shape index (κ3) is 2.92. The summed E-state index contributed by atoms with van der Waals surface area (Å²) in [5, 5.41) is 0. The van der Waals surface area contributed by atoms with Crippen molar-refractivity contribution in [3.63, 3.8) is 0 Å². The molecule has 0 amide bonds. The van der Waals surface area contributed by atoms with Crippen LogP contribution in [0.4, 0.5) is 4.39 Å². The van der Waals surface area contributed by atoms with E-state index in [2.05, 4.69) is 36.4 Å². The number of hydrogen-bond donors (Lipinski definition) is 0. The van der Waals surface area contributed by atoms with Crippen molar-refractivity contribution >= 4 is 29.1 Å². The molecule has 2 aliphatic rings. The van der Waals surface area contributed by atoms with Gasteiger partial charge in [-0.2, -0.15) is 0 Å². The molecule has 0 saturated carbocycles. The summed E-state index contributed by atoms with van der Waals surface area (Å²) in [6.45, 7) is 2.19. The molecule has 0 aliphatic carbocycles. The minimum absolute atomic E-state index is 0.154. The zero-order chi connectivity index (χ0) is 16.7. The Hall–Kier alpha value is -1.23. The summed E-state index contributed by atoms with van der Waals surface area (Å²) in [5.41, 5.74) is 5.39. The fourth-order valence-electron chi connectivity index (χ4n) is 3.49. The van der Waals surface area contributed by atoms with E-state index in [0.29, 0.717) is 0 Å². The van der Waals surface area contributed by atoms with Crippen molar-refractivity contribution in [3.05, 3.63) is 58.9 Å². The van der Waals surface area contributed by atoms with Crippen molar-refractivity contribution in [1.29, 1.82) is 0 Å². The molecular formula is C20H20FNS2. The molecule has 0 radical (unpaired) electrons. The quantitative estimate of drug-likeness (QED) is 0.527. The lowest BCUT2D eigenvalue weighted by molar-refractivity contribution is 0.313. The lowest BCUT2D eigenvalue weighted by atomic mass is 9.88. The summed E-state index contributed by atoms with van der Waals surface area (Å²) >= 11 is 3.46. The molecule has 2 aliphatic heterocycles. The van der Waals surface area contributed by atoms with Gasteiger partial charge in [-0.25, -0.2) is 4.39 Å². The molecule has 0 bridgehead atoms. The van der Waals surface area contributed by atoms with E-state index in [-0.39, 0.29) is 5.82 Å². The Morgan fingerprint density at radius 1 is 1.00 bits per heavy atom. The molecule has 2 aromatic rings. The van der Waals surface area contributed by atoms with Gasteiger partial charge in [0.1, 0.15) is 5.82 Å². The van der Waals surface area contributed by atoms with Gasteiger partial charge < -0.3 is 4.90 Å². The van der Waals surface area contributed by atoms with Gasteiger partial charge in [0.2, 0.25) is 0 Å². The number of rotatable bonds is 1. The zero-order valence-electron chi connectivity index (χ0n) is 13.9. The van der Waals surface area contributed by atoms with Gasteiger partial charge in [0.05, 0.1) is 0 Å². The summed E-state index contributed by atoms with van der Waals surface area (Å²) in [4.78, 5) is 5.95. The molecule has 1 saturated heterocycles. The standard InChI is InChI=1S/C20H20FNS2/c1-22-9-7-13(8-10-22)20-16-5-3-14(21)11-19(16)24-18-6-4-15(23-2)12-17(18)20/h3-6,11-12H,7-10H2,1-2H3. The van der Waals surface area contributed by atoms with Crippen molar-refractivity contribution in [1.82, 2.24) is 4.90 Å². The SMILES string of the molecule is CSc1ccc2c(c1)C(=C1CCN(C)CC1)c1ccc(F)cc1S2. The largest absolute Gasteiger partial charge is 0.306 e. The smallest absolute Gasteiger partial charge is 0.124 e. The van der Waals surface area contributed by atoms with Crippen molar-refractivity contribution < 1.29 is 4.39 Å². The second kappa shape index (κ2) is 6.58. The fraction of sp³-hybridized carbons (Fsp3) is 0.300. The first-order valence-electron chi connectivity index (χ1n) is 8.22. The van der Waals surface area contributed by atoms with E-state index >= 15 is 0 Å². The van der Waals surface area contributed by atoms with Gasteiger partial charge in [-0.15, -0.1) is 11.8 Å². The molecule has 2 heterocycles. The van der Waals surface area contributed by atoms with E-state index in [1.165, 1.54) is 32.1 Å². The predicted octanol–water partition coefficient (Wildman–Crippen LogP) is 5.54. The van der Waals surface area contributed by atoms with Crippen LogP contribution in [-0.4, -0.2) is 31.3 Å². The number of benzene rings is 2. The summed E-state index contributed by atoms with van der Waals surface area (Å²) in [6.07, 6.45) is 4.30. The van der Waals surface area contributed by atoms with Crippen LogP contribution in [0.15, 0.2) is 56.7 Å². The van der Waals surface area contributed by atoms with Gasteiger partial charge in [-0.05, 0) is 73.2 Å². The summed E-state index contributed by atoms with van der Waals surface area (Å²) in [5.74, 6) is -0.154. The first-order valence-corrected chi connectivity index (χ1v) is 10.3. The second-order valence-corrected chi connectivity index (χ2v) is 8.35. The minimum Gasteiger partial charge on any atom is -0.306 e. The Kier molecular flexibility index (Phi) is 4.46. The maximum absolute atomic E-state index is 13.8. The first kappa shape index (κ1) is 16.2. The number of likely N-dealkylation sites (tertiary alicyclic amines) is 1. The summed E-state index contributed by atoms with van der Waals surface area (Å²) in [7, 11) is 2.18. The maximum atomic E-state index is 13.8. The molecule has 0 aromatic heterocycles. The minimum atomic E-state index is -0.154. The highest BCUT2D eigenvalue weighted by Gasteiger charge is 2.26. The molecule has 2 aromatic carbocycles. The molecule has 4 heteroatoms. The van der Waals surface area contributed by atoms with Gasteiger partial charge in [-0.3, -0.25) is 0 Å². The molecular weight excluding hydrogens is 337 g/mol. The normalized spacial score (nSPS) is 17.6. The number of nitrogens with zero attached hydrogens (tertiary/aromatic N) is 1. The molecule has 0 N–H and O–H groups in total. The van der Waals surface area contributed by atoms with E-state index in [4.69, 9.17) is 0 Å². The van der Waals surface area contributed by atoms with Crippen LogP contribution in [0.25, 0.3) is 5.57 Å². The van der Waals surface area contributed by atoms with E-state index in [1.54, 1.807) is 35.7 Å². The molecule has 1 fully saturated rings. The molecule has 124 valence electrons. The lowest BCUT2D eigenvalue weighted by Gasteiger charge is -2.30. The lowest BCUT2D eigenvalue weighted by Crippen LogP contribution is -2.27. The van der Waals surface area contributed by atoms with E-state index in [9.17, 15) is 4.39 Å². The van der Waals surface area contributed by atoms with Crippen LogP contribution in [-0.2, 0) is 0 Å². The molecule has 0 atom stereocenters. The average Bonchev–Trinajstić information content (AvgIpc) is 2.60. The molecule has 4 rings (SSSR count). The highest BCUT2D eigenvalue weighted by Crippen LogP contribution is 2.48. The Labute approximate surface area is 151 Å². The van der Waals surface area contributed by atoms with Gasteiger partial charge in [0, 0.05) is 27.8 Å². The van der Waals surface area contributed by atoms with E-state index < -0.39 is 0 Å². The van der Waals surface area contributed by atoms with Gasteiger partial charge in [0.25, 0.3) is 0 Å². The Bertz CT molecular complexity index is 818. The van der Waals surface area contributed by atoms with Gasteiger partial charge in [0.15, 0.2) is 0 Å². The first-order chi connectivity index (χ1) is 11.7. The molecule has 0 unspecified atom stereocenters. The van der Waals surface area contributed by atoms with Crippen LogP contribution in [0.1, 0.15) is 24.0 Å². The predicted molar refractivity (Wildman–Crippen MR) is 101 cm³/mol. The van der Waals surface area contributed by atoms with Gasteiger partial charge in [-0.1, -0.05) is 23.4 Å². The van der Waals surface area contributed by atoms with Crippen molar-refractivity contribution in [2.75, 3.05) is 26.4 Å². The number of fused-ring (bicyclic) bond motifs is 2. The number of piperidine rings is 1. The molecule has 24 heavy (non-hydrogen) atoms. The second-order valence-electron chi connectivity index (χ2n) is 6.39.